The van der Waals surface area contributed by atoms with Crippen molar-refractivity contribution in [1.82, 2.24) is 4.98 Å². The lowest BCUT2D eigenvalue weighted by Crippen LogP contribution is -2.12. The van der Waals surface area contributed by atoms with Crippen LogP contribution in [0.15, 0.2) is 59.1 Å². The molecule has 3 N–H and O–H groups in total. The molecule has 5 nitrogen and oxygen atoms in total. The number of fused-ring (bicyclic) bond motifs is 1. The number of amides is 1. The summed E-state index contributed by atoms with van der Waals surface area (Å²) < 4.78 is 6.17. The third-order valence-electron chi connectivity index (χ3n) is 4.62. The first-order chi connectivity index (χ1) is 14.0. The number of aryl methyl sites for hydroxylation is 1. The molecule has 7 heteroatoms. The number of pyridine rings is 1. The number of thiophene rings is 1. The number of carbonyl (C=O) groups excluding carboxylic acids is 1. The van der Waals surface area contributed by atoms with Crippen molar-refractivity contribution < 1.29 is 9.53 Å². The molecule has 0 saturated carbocycles. The van der Waals surface area contributed by atoms with E-state index in [1.807, 2.05) is 61.5 Å². The first-order valence-electron chi connectivity index (χ1n) is 8.87. The first-order valence-corrected chi connectivity index (χ1v) is 10.5. The zero-order valence-corrected chi connectivity index (χ0v) is 18.2. The van der Waals surface area contributed by atoms with E-state index in [0.717, 1.165) is 42.9 Å². The zero-order chi connectivity index (χ0) is 20.5. The van der Waals surface area contributed by atoms with Crippen molar-refractivity contribution in [2.45, 2.75) is 6.92 Å². The maximum atomic E-state index is 12.8. The van der Waals surface area contributed by atoms with Gasteiger partial charge in [-0.1, -0.05) is 15.9 Å². The third-order valence-corrected chi connectivity index (χ3v) is 6.23. The minimum Gasteiger partial charge on any atom is -0.497 e. The average molecular weight is 468 g/mol. The number of nitrogens with one attached hydrogen (secondary N) is 1. The molecule has 29 heavy (non-hydrogen) atoms. The number of hydrogen-bond acceptors (Lipinski definition) is 5. The van der Waals surface area contributed by atoms with Crippen LogP contribution in [0.4, 0.5) is 11.4 Å². The van der Waals surface area contributed by atoms with Crippen LogP contribution < -0.4 is 15.8 Å². The van der Waals surface area contributed by atoms with Gasteiger partial charge in [0.2, 0.25) is 0 Å². The lowest BCUT2D eigenvalue weighted by atomic mass is 10.1. The lowest BCUT2D eigenvalue weighted by Gasteiger charge is -2.08. The SMILES string of the molecule is COc1ccc(-c2ccc3c(N)c(C(=O)Nc4ccc(Br)cc4C)sc3n2)cc1. The Kier molecular flexibility index (Phi) is 5.25. The fourth-order valence-corrected chi connectivity index (χ4v) is 4.50. The van der Waals surface area contributed by atoms with Crippen LogP contribution in [0, 0.1) is 6.92 Å². The Labute approximate surface area is 180 Å². The summed E-state index contributed by atoms with van der Waals surface area (Å²) >= 11 is 4.73. The van der Waals surface area contributed by atoms with Gasteiger partial charge in [-0.3, -0.25) is 4.79 Å². The molecule has 0 atom stereocenters. The average Bonchev–Trinajstić information content (AvgIpc) is 3.06. The molecule has 0 fully saturated rings. The maximum Gasteiger partial charge on any atom is 0.267 e. The number of halogens is 1. The highest BCUT2D eigenvalue weighted by atomic mass is 79.9. The van der Waals surface area contributed by atoms with Crippen LogP contribution in [0.2, 0.25) is 0 Å². The summed E-state index contributed by atoms with van der Waals surface area (Å²) in [6.45, 7) is 1.94. The molecule has 4 aromatic rings. The quantitative estimate of drug-likeness (QED) is 0.392. The van der Waals surface area contributed by atoms with Crippen molar-refractivity contribution in [3.63, 3.8) is 0 Å². The van der Waals surface area contributed by atoms with Gasteiger partial charge in [-0.2, -0.15) is 0 Å². The second kappa shape index (κ2) is 7.85. The standard InChI is InChI=1S/C22H18BrN3O2S/c1-12-11-14(23)5-9-17(12)25-21(27)20-19(24)16-8-10-18(26-22(16)29-20)13-3-6-15(28-2)7-4-13/h3-11H,24H2,1-2H3,(H,25,27). The monoisotopic (exact) mass is 467 g/mol. The number of nitrogens with zero attached hydrogens (tertiary/aromatic N) is 1. The van der Waals surface area contributed by atoms with Crippen molar-refractivity contribution in [2.24, 2.45) is 0 Å². The number of rotatable bonds is 4. The minimum absolute atomic E-state index is 0.234. The van der Waals surface area contributed by atoms with Crippen molar-refractivity contribution in [2.75, 3.05) is 18.2 Å². The number of nitrogen functional groups attached to an aromatic ring is 1. The Hall–Kier alpha value is -2.90. The number of aromatic nitrogens is 1. The van der Waals surface area contributed by atoms with Crippen LogP contribution in [0.1, 0.15) is 15.2 Å². The summed E-state index contributed by atoms with van der Waals surface area (Å²) in [7, 11) is 1.64. The molecule has 0 bridgehead atoms. The second-order valence-corrected chi connectivity index (χ2v) is 8.45. The molecule has 0 aliphatic carbocycles. The smallest absolute Gasteiger partial charge is 0.267 e. The number of hydrogen-bond donors (Lipinski definition) is 2. The molecular formula is C22H18BrN3O2S. The van der Waals surface area contributed by atoms with Gasteiger partial charge in [0, 0.05) is 21.1 Å². The molecule has 4 rings (SSSR count). The van der Waals surface area contributed by atoms with Crippen LogP contribution in [0.3, 0.4) is 0 Å². The molecule has 146 valence electrons. The van der Waals surface area contributed by atoms with Crippen LogP contribution in [-0.2, 0) is 0 Å². The Bertz CT molecular complexity index is 1220. The van der Waals surface area contributed by atoms with Crippen LogP contribution in [0.25, 0.3) is 21.5 Å². The van der Waals surface area contributed by atoms with Gasteiger partial charge >= 0.3 is 0 Å². The molecule has 1 amide bonds. The lowest BCUT2D eigenvalue weighted by molar-refractivity contribution is 0.103. The van der Waals surface area contributed by atoms with E-state index in [-0.39, 0.29) is 5.91 Å². The summed E-state index contributed by atoms with van der Waals surface area (Å²) in [6, 6.07) is 17.2. The third kappa shape index (κ3) is 3.83. The van der Waals surface area contributed by atoms with E-state index in [0.29, 0.717) is 10.6 Å². The number of benzene rings is 2. The van der Waals surface area contributed by atoms with E-state index >= 15 is 0 Å². The highest BCUT2D eigenvalue weighted by molar-refractivity contribution is 9.10. The summed E-state index contributed by atoms with van der Waals surface area (Å²) in [5.74, 6) is 0.555. The fourth-order valence-electron chi connectivity index (χ4n) is 3.03. The van der Waals surface area contributed by atoms with Gasteiger partial charge in [0.05, 0.1) is 18.5 Å². The molecule has 2 heterocycles. The minimum atomic E-state index is -0.234. The van der Waals surface area contributed by atoms with Gasteiger partial charge in [-0.15, -0.1) is 11.3 Å². The van der Waals surface area contributed by atoms with E-state index in [1.165, 1.54) is 11.3 Å². The molecule has 0 radical (unpaired) electrons. The van der Waals surface area contributed by atoms with Gasteiger partial charge < -0.3 is 15.8 Å². The molecule has 0 saturated heterocycles. The summed E-state index contributed by atoms with van der Waals surface area (Å²) in [5, 5.41) is 3.73. The second-order valence-electron chi connectivity index (χ2n) is 6.54. The summed E-state index contributed by atoms with van der Waals surface area (Å²) in [5.41, 5.74) is 10.2. The zero-order valence-electron chi connectivity index (χ0n) is 15.8. The number of carbonyl (C=O) groups is 1. The molecule has 2 aromatic carbocycles. The van der Waals surface area contributed by atoms with E-state index in [4.69, 9.17) is 15.5 Å². The predicted octanol–water partition coefficient (Wildman–Crippen LogP) is 5.88. The van der Waals surface area contributed by atoms with E-state index in [9.17, 15) is 4.79 Å². The van der Waals surface area contributed by atoms with E-state index in [1.54, 1.807) is 7.11 Å². The van der Waals surface area contributed by atoms with Gasteiger partial charge in [-0.05, 0) is 67.1 Å². The molecule has 0 spiro atoms. The van der Waals surface area contributed by atoms with Crippen LogP contribution in [0.5, 0.6) is 5.75 Å². The molecule has 2 aromatic heterocycles. The van der Waals surface area contributed by atoms with Crippen molar-refractivity contribution >= 4 is 54.8 Å². The number of anilines is 2. The molecule has 0 unspecified atom stereocenters. The highest BCUT2D eigenvalue weighted by Crippen LogP contribution is 2.35. The Balaban J connectivity index is 1.66. The van der Waals surface area contributed by atoms with Crippen molar-refractivity contribution in [3.05, 3.63) is 69.5 Å². The fraction of sp³-hybridized carbons (Fsp3) is 0.0909. The number of methoxy groups -OCH3 is 1. The highest BCUT2D eigenvalue weighted by Gasteiger charge is 2.18. The predicted molar refractivity (Wildman–Crippen MR) is 123 cm³/mol. The van der Waals surface area contributed by atoms with Gasteiger partial charge in [0.25, 0.3) is 5.91 Å². The maximum absolute atomic E-state index is 12.8. The largest absolute Gasteiger partial charge is 0.497 e. The number of nitrogens with two attached hydrogens (primary N) is 1. The van der Waals surface area contributed by atoms with Crippen molar-refractivity contribution in [3.8, 4) is 17.0 Å². The van der Waals surface area contributed by atoms with E-state index < -0.39 is 0 Å². The molecule has 0 aliphatic heterocycles. The van der Waals surface area contributed by atoms with Gasteiger partial charge in [-0.25, -0.2) is 4.98 Å². The topological polar surface area (TPSA) is 77.2 Å². The van der Waals surface area contributed by atoms with E-state index in [2.05, 4.69) is 21.2 Å². The Morgan fingerprint density at radius 2 is 1.90 bits per heavy atom. The Morgan fingerprint density at radius 3 is 2.59 bits per heavy atom. The van der Waals surface area contributed by atoms with Gasteiger partial charge in [0.1, 0.15) is 15.5 Å². The normalized spacial score (nSPS) is 10.9. The van der Waals surface area contributed by atoms with Crippen LogP contribution >= 0.6 is 27.3 Å². The number of ether oxygens (including phenoxy) is 1. The molecule has 0 aliphatic rings. The van der Waals surface area contributed by atoms with Crippen molar-refractivity contribution in [1.29, 1.82) is 0 Å². The summed E-state index contributed by atoms with van der Waals surface area (Å²) in [6.07, 6.45) is 0. The van der Waals surface area contributed by atoms with Crippen LogP contribution in [-0.4, -0.2) is 18.0 Å². The van der Waals surface area contributed by atoms with Gasteiger partial charge in [0.15, 0.2) is 0 Å². The first kappa shape index (κ1) is 19.4. The Morgan fingerprint density at radius 1 is 1.14 bits per heavy atom. The summed E-state index contributed by atoms with van der Waals surface area (Å²) in [4.78, 5) is 18.7. The molecular weight excluding hydrogens is 450 g/mol.